The van der Waals surface area contributed by atoms with Gasteiger partial charge in [-0.2, -0.15) is 0 Å². The van der Waals surface area contributed by atoms with Crippen LogP contribution >= 0.6 is 0 Å². The van der Waals surface area contributed by atoms with Gasteiger partial charge in [-0.1, -0.05) is 36.4 Å². The van der Waals surface area contributed by atoms with E-state index in [-0.39, 0.29) is 41.9 Å². The average molecular weight is 663 g/mol. The fraction of sp³-hybridized carbons (Fsp3) is 0.474. The molecular weight excluding hydrogens is 618 g/mol. The van der Waals surface area contributed by atoms with Gasteiger partial charge in [-0.15, -0.1) is 0 Å². The number of rotatable bonds is 16. The molecule has 0 spiro atoms. The van der Waals surface area contributed by atoms with Crippen molar-refractivity contribution in [1.29, 1.82) is 0 Å². The molecule has 0 aromatic heterocycles. The highest BCUT2D eigenvalue weighted by Gasteiger charge is 2.48. The molecule has 0 radical (unpaired) electrons. The minimum atomic E-state index is -0.822. The normalized spacial score (nSPS) is 21.4. The molecule has 3 aliphatic rings. The highest BCUT2D eigenvalue weighted by Crippen LogP contribution is 2.46. The number of benzene rings is 3. The zero-order chi connectivity index (χ0) is 33.5. The Balaban J connectivity index is 1.04. The zero-order valence-electron chi connectivity index (χ0n) is 27.2. The van der Waals surface area contributed by atoms with Gasteiger partial charge in [-0.05, 0) is 91.7 Å². The summed E-state index contributed by atoms with van der Waals surface area (Å²) < 4.78 is 44.1. The Kier molecular flexibility index (Phi) is 11.3. The van der Waals surface area contributed by atoms with Crippen LogP contribution in [0.25, 0.3) is 0 Å². The average Bonchev–Trinajstić information content (AvgIpc) is 3.08. The van der Waals surface area contributed by atoms with Crippen LogP contribution < -0.4 is 4.90 Å². The number of morpholine rings is 1. The maximum absolute atomic E-state index is 13.7. The van der Waals surface area contributed by atoms with Gasteiger partial charge < -0.3 is 24.2 Å². The second-order valence-corrected chi connectivity index (χ2v) is 13.2. The lowest BCUT2D eigenvalue weighted by molar-refractivity contribution is -0.211. The molecule has 1 N–H and O–H groups in total. The Morgan fingerprint density at radius 3 is 2.25 bits per heavy atom. The van der Waals surface area contributed by atoms with E-state index in [0.717, 1.165) is 63.2 Å². The van der Waals surface area contributed by atoms with Crippen LogP contribution in [-0.2, 0) is 30.2 Å². The van der Waals surface area contributed by atoms with Crippen molar-refractivity contribution in [2.75, 3.05) is 57.6 Å². The van der Waals surface area contributed by atoms with Crippen molar-refractivity contribution < 1.29 is 37.7 Å². The maximum atomic E-state index is 13.7. The molecule has 3 aromatic carbocycles. The molecule has 3 atom stereocenters. The number of hydrogen-bond acceptors (Lipinski definition) is 7. The van der Waals surface area contributed by atoms with Crippen LogP contribution in [0.3, 0.4) is 0 Å². The minimum absolute atomic E-state index is 0.0818. The predicted molar refractivity (Wildman–Crippen MR) is 176 cm³/mol. The van der Waals surface area contributed by atoms with E-state index >= 15 is 0 Å². The van der Waals surface area contributed by atoms with Gasteiger partial charge in [0.2, 0.25) is 5.91 Å². The number of ketones is 1. The molecule has 6 rings (SSSR count). The highest BCUT2D eigenvalue weighted by atomic mass is 19.1. The Bertz CT molecular complexity index is 1510. The van der Waals surface area contributed by atoms with Crippen molar-refractivity contribution in [3.8, 4) is 0 Å². The van der Waals surface area contributed by atoms with E-state index in [1.165, 1.54) is 24.3 Å². The smallest absolute Gasteiger partial charge is 0.233 e. The molecule has 0 unspecified atom stereocenters. The standard InChI is InChI=1S/C38H44F2N2O6/c39-30-9-7-28(8-10-30)35(44)16-15-34-36(42(37(34)45)32-13-11-31(40)12-14-32)29-5-3-27(4-6-29)17-18-38(25-47-26-38)48-24-33(43)2-1-19-41-20-22-46-23-21-41/h3-14,34-36,44H,1-2,15-26H2/t34-,35+,36-/m1/s1. The monoisotopic (exact) mass is 662 g/mol. The number of amides is 1. The van der Waals surface area contributed by atoms with Gasteiger partial charge in [0.25, 0.3) is 0 Å². The van der Waals surface area contributed by atoms with Crippen LogP contribution in [0.1, 0.15) is 60.9 Å². The van der Waals surface area contributed by atoms with Gasteiger partial charge in [-0.3, -0.25) is 14.5 Å². The first-order chi connectivity index (χ1) is 23.3. The van der Waals surface area contributed by atoms with Gasteiger partial charge in [0.15, 0.2) is 5.78 Å². The molecule has 0 saturated carbocycles. The first-order valence-corrected chi connectivity index (χ1v) is 16.9. The van der Waals surface area contributed by atoms with Gasteiger partial charge >= 0.3 is 0 Å². The number of β-lactam (4-membered cyclic amide) rings is 1. The van der Waals surface area contributed by atoms with Crippen LogP contribution in [0, 0.1) is 17.6 Å². The van der Waals surface area contributed by atoms with Crippen LogP contribution in [0.2, 0.25) is 0 Å². The summed E-state index contributed by atoms with van der Waals surface area (Å²) in [6, 6.07) is 19.5. The van der Waals surface area contributed by atoms with E-state index in [1.807, 2.05) is 12.1 Å². The largest absolute Gasteiger partial charge is 0.388 e. The summed E-state index contributed by atoms with van der Waals surface area (Å²) in [5.41, 5.74) is 2.81. The van der Waals surface area contributed by atoms with Gasteiger partial charge in [0.1, 0.15) is 23.8 Å². The zero-order valence-corrected chi connectivity index (χ0v) is 27.2. The fourth-order valence-electron chi connectivity index (χ4n) is 6.80. The molecule has 3 fully saturated rings. The lowest BCUT2D eigenvalue weighted by Gasteiger charge is -2.48. The summed E-state index contributed by atoms with van der Waals surface area (Å²) in [6.07, 6.45) is 2.74. The summed E-state index contributed by atoms with van der Waals surface area (Å²) in [4.78, 5) is 30.0. The number of carbonyl (C=O) groups excluding carboxylic acids is 2. The number of aliphatic hydroxyl groups excluding tert-OH is 1. The lowest BCUT2D eigenvalue weighted by atomic mass is 9.78. The second kappa shape index (κ2) is 15.8. The van der Waals surface area contributed by atoms with E-state index in [0.29, 0.717) is 43.7 Å². The summed E-state index contributed by atoms with van der Waals surface area (Å²) in [6.45, 7) is 5.27. The Hall–Kier alpha value is -3.54. The van der Waals surface area contributed by atoms with Gasteiger partial charge in [0, 0.05) is 25.2 Å². The van der Waals surface area contributed by atoms with Crippen LogP contribution in [0.5, 0.6) is 0 Å². The van der Waals surface area contributed by atoms with Crippen molar-refractivity contribution in [2.24, 2.45) is 5.92 Å². The topological polar surface area (TPSA) is 88.5 Å². The third-order valence-electron chi connectivity index (χ3n) is 9.82. The van der Waals surface area contributed by atoms with E-state index in [2.05, 4.69) is 17.0 Å². The lowest BCUT2D eigenvalue weighted by Crippen LogP contribution is -2.55. The Labute approximate surface area is 280 Å². The van der Waals surface area contributed by atoms with E-state index < -0.39 is 11.7 Å². The van der Waals surface area contributed by atoms with Gasteiger partial charge in [-0.25, -0.2) is 8.78 Å². The number of hydrogen-bond donors (Lipinski definition) is 1. The van der Waals surface area contributed by atoms with E-state index in [1.54, 1.807) is 29.2 Å². The molecule has 3 aromatic rings. The number of aliphatic hydroxyl groups is 1. The minimum Gasteiger partial charge on any atom is -0.388 e. The van der Waals surface area contributed by atoms with E-state index in [9.17, 15) is 23.5 Å². The molecule has 256 valence electrons. The molecule has 3 aliphatic heterocycles. The van der Waals surface area contributed by atoms with E-state index in [4.69, 9.17) is 14.2 Å². The first-order valence-electron chi connectivity index (χ1n) is 16.9. The number of ether oxygens (including phenoxy) is 3. The van der Waals surface area contributed by atoms with Crippen LogP contribution in [0.15, 0.2) is 72.8 Å². The summed E-state index contributed by atoms with van der Waals surface area (Å²) in [7, 11) is 0. The number of carbonyl (C=O) groups is 2. The maximum Gasteiger partial charge on any atom is 0.233 e. The molecule has 10 heteroatoms. The van der Waals surface area contributed by atoms with Crippen molar-refractivity contribution in [3.05, 3.63) is 101 Å². The third-order valence-corrected chi connectivity index (χ3v) is 9.82. The van der Waals surface area contributed by atoms with Gasteiger partial charge in [0.05, 0.1) is 44.5 Å². The quantitative estimate of drug-likeness (QED) is 0.201. The summed E-state index contributed by atoms with van der Waals surface area (Å²) in [5.74, 6) is -1.09. The van der Waals surface area contributed by atoms with Crippen molar-refractivity contribution in [1.82, 2.24) is 4.90 Å². The SMILES string of the molecule is O=C(CCCN1CCOCC1)COC1(CCc2ccc([C@@H]3[C@@H](CC[C@H](O)c4ccc(F)cc4)C(=O)N3c3ccc(F)cc3)cc2)COC1. The molecule has 3 saturated heterocycles. The third kappa shape index (κ3) is 8.36. The highest BCUT2D eigenvalue weighted by molar-refractivity contribution is 6.03. The fourth-order valence-corrected chi connectivity index (χ4v) is 6.80. The van der Waals surface area contributed by atoms with Crippen LogP contribution in [-0.4, -0.2) is 80.0 Å². The van der Waals surface area contributed by atoms with Crippen molar-refractivity contribution >= 4 is 17.4 Å². The molecule has 3 heterocycles. The number of halogens is 2. The van der Waals surface area contributed by atoms with Crippen molar-refractivity contribution in [2.45, 2.75) is 56.3 Å². The number of aryl methyl sites for hydroxylation is 1. The number of nitrogens with zero attached hydrogens (tertiary/aromatic N) is 2. The Morgan fingerprint density at radius 2 is 1.60 bits per heavy atom. The number of anilines is 1. The Morgan fingerprint density at radius 1 is 0.938 bits per heavy atom. The molecule has 0 aliphatic carbocycles. The number of Topliss-reactive ketones (excluding diaryl/α,β-unsaturated/α-hetero) is 1. The predicted octanol–water partition coefficient (Wildman–Crippen LogP) is 5.58. The molecule has 1 amide bonds. The van der Waals surface area contributed by atoms with Crippen molar-refractivity contribution in [3.63, 3.8) is 0 Å². The first kappa shape index (κ1) is 34.3. The second-order valence-electron chi connectivity index (χ2n) is 13.2. The molecule has 48 heavy (non-hydrogen) atoms. The molecule has 0 bridgehead atoms. The summed E-state index contributed by atoms with van der Waals surface area (Å²) >= 11 is 0. The summed E-state index contributed by atoms with van der Waals surface area (Å²) in [5, 5.41) is 10.7. The molecular formula is C38H44F2N2O6. The van der Waals surface area contributed by atoms with Crippen LogP contribution in [0.4, 0.5) is 14.5 Å². The molecule has 8 nitrogen and oxygen atoms in total.